The molecule has 0 aliphatic heterocycles. The highest BCUT2D eigenvalue weighted by Crippen LogP contribution is 2.20. The van der Waals surface area contributed by atoms with E-state index >= 15 is 0 Å². The molecular weight excluding hydrogens is 230 g/mol. The quantitative estimate of drug-likeness (QED) is 0.894. The molecule has 1 N–H and O–H groups in total. The number of carbonyl (C=O) groups is 1. The number of hydrogen-bond donors (Lipinski definition) is 1. The van der Waals surface area contributed by atoms with Crippen molar-refractivity contribution in [2.45, 2.75) is 25.8 Å². The van der Waals surface area contributed by atoms with Crippen LogP contribution in [0.5, 0.6) is 0 Å². The molecule has 0 bridgehead atoms. The van der Waals surface area contributed by atoms with Gasteiger partial charge in [0, 0.05) is 17.2 Å². The molecule has 1 saturated carbocycles. The van der Waals surface area contributed by atoms with Gasteiger partial charge in [0.2, 0.25) is 0 Å². The van der Waals surface area contributed by atoms with Crippen molar-refractivity contribution in [3.05, 3.63) is 35.7 Å². The average molecular weight is 243 g/mol. The van der Waals surface area contributed by atoms with Crippen molar-refractivity contribution in [2.24, 2.45) is 0 Å². The van der Waals surface area contributed by atoms with Gasteiger partial charge in [-0.25, -0.2) is 0 Å². The van der Waals surface area contributed by atoms with Crippen LogP contribution >= 0.6 is 0 Å². The zero-order valence-electron chi connectivity index (χ0n) is 10.0. The summed E-state index contributed by atoms with van der Waals surface area (Å²) in [6.07, 6.45) is 2.18. The van der Waals surface area contributed by atoms with E-state index in [1.807, 2.05) is 12.1 Å². The standard InChI is InChI=1S/C13H13N3O2/c1-8-14-13(18-16-8)10-4-2-9(3-5-10)12(17)15-11-6-7-11/h2-5,11H,6-7H2,1H3,(H,15,17). The van der Waals surface area contributed by atoms with Crippen molar-refractivity contribution >= 4 is 5.91 Å². The molecule has 3 rings (SSSR count). The summed E-state index contributed by atoms with van der Waals surface area (Å²) in [6.45, 7) is 1.77. The third-order valence-electron chi connectivity index (χ3n) is 2.83. The van der Waals surface area contributed by atoms with E-state index in [-0.39, 0.29) is 5.91 Å². The van der Waals surface area contributed by atoms with E-state index in [1.54, 1.807) is 19.1 Å². The Kier molecular flexibility index (Phi) is 2.59. The van der Waals surface area contributed by atoms with Gasteiger partial charge in [-0.15, -0.1) is 0 Å². The largest absolute Gasteiger partial charge is 0.349 e. The van der Waals surface area contributed by atoms with Crippen molar-refractivity contribution in [1.29, 1.82) is 0 Å². The minimum absolute atomic E-state index is 0.0224. The lowest BCUT2D eigenvalue weighted by atomic mass is 10.1. The van der Waals surface area contributed by atoms with Gasteiger partial charge in [0.15, 0.2) is 5.82 Å². The normalized spacial score (nSPS) is 14.5. The molecule has 1 heterocycles. The van der Waals surface area contributed by atoms with Crippen molar-refractivity contribution in [1.82, 2.24) is 15.5 Å². The molecule has 0 radical (unpaired) electrons. The average Bonchev–Trinajstić information content (AvgIpc) is 3.09. The zero-order valence-corrected chi connectivity index (χ0v) is 10.0. The van der Waals surface area contributed by atoms with Crippen LogP contribution in [0.3, 0.4) is 0 Å². The first-order chi connectivity index (χ1) is 8.72. The van der Waals surface area contributed by atoms with E-state index in [2.05, 4.69) is 15.5 Å². The summed E-state index contributed by atoms with van der Waals surface area (Å²) in [5.41, 5.74) is 1.47. The summed E-state index contributed by atoms with van der Waals surface area (Å²) in [6, 6.07) is 7.54. The van der Waals surface area contributed by atoms with Crippen molar-refractivity contribution in [3.8, 4) is 11.5 Å². The van der Waals surface area contributed by atoms with Crippen LogP contribution in [-0.4, -0.2) is 22.1 Å². The lowest BCUT2D eigenvalue weighted by molar-refractivity contribution is 0.0951. The number of benzene rings is 1. The van der Waals surface area contributed by atoms with Crippen LogP contribution < -0.4 is 5.32 Å². The van der Waals surface area contributed by atoms with Crippen LogP contribution in [0.1, 0.15) is 29.0 Å². The maximum absolute atomic E-state index is 11.8. The fourth-order valence-electron chi connectivity index (χ4n) is 1.67. The Labute approximate surface area is 104 Å². The Hall–Kier alpha value is -2.17. The van der Waals surface area contributed by atoms with Gasteiger partial charge in [-0.3, -0.25) is 4.79 Å². The predicted molar refractivity (Wildman–Crippen MR) is 65.0 cm³/mol. The third-order valence-corrected chi connectivity index (χ3v) is 2.83. The Balaban J connectivity index is 1.77. The first-order valence-corrected chi connectivity index (χ1v) is 5.94. The molecule has 1 aromatic heterocycles. The molecule has 0 atom stereocenters. The summed E-state index contributed by atoms with van der Waals surface area (Å²) >= 11 is 0. The molecule has 5 nitrogen and oxygen atoms in total. The fourth-order valence-corrected chi connectivity index (χ4v) is 1.67. The Morgan fingerprint density at radius 2 is 2.06 bits per heavy atom. The molecule has 1 aromatic carbocycles. The highest BCUT2D eigenvalue weighted by molar-refractivity contribution is 5.94. The van der Waals surface area contributed by atoms with Crippen LogP contribution in [0.2, 0.25) is 0 Å². The summed E-state index contributed by atoms with van der Waals surface area (Å²) < 4.78 is 5.06. The molecular formula is C13H13N3O2. The predicted octanol–water partition coefficient (Wildman–Crippen LogP) is 1.94. The van der Waals surface area contributed by atoms with E-state index in [9.17, 15) is 4.79 Å². The topological polar surface area (TPSA) is 68.0 Å². The first-order valence-electron chi connectivity index (χ1n) is 5.94. The number of amides is 1. The van der Waals surface area contributed by atoms with Gasteiger partial charge in [0.1, 0.15) is 0 Å². The molecule has 2 aromatic rings. The minimum atomic E-state index is -0.0224. The first kappa shape index (κ1) is 11.0. The van der Waals surface area contributed by atoms with Gasteiger partial charge in [-0.05, 0) is 44.0 Å². The van der Waals surface area contributed by atoms with Gasteiger partial charge in [-0.1, -0.05) is 5.16 Å². The SMILES string of the molecule is Cc1noc(-c2ccc(C(=O)NC3CC3)cc2)n1. The number of hydrogen-bond acceptors (Lipinski definition) is 4. The van der Waals surface area contributed by atoms with Crippen LogP contribution in [0.25, 0.3) is 11.5 Å². The number of aryl methyl sites for hydroxylation is 1. The zero-order chi connectivity index (χ0) is 12.5. The van der Waals surface area contributed by atoms with Crippen LogP contribution in [0, 0.1) is 6.92 Å². The second kappa shape index (κ2) is 4.25. The van der Waals surface area contributed by atoms with E-state index in [0.717, 1.165) is 18.4 Å². The molecule has 1 aliphatic carbocycles. The molecule has 5 heteroatoms. The van der Waals surface area contributed by atoms with E-state index in [0.29, 0.717) is 23.3 Å². The van der Waals surface area contributed by atoms with E-state index in [1.165, 1.54) is 0 Å². The molecule has 0 spiro atoms. The van der Waals surface area contributed by atoms with Gasteiger partial charge in [0.25, 0.3) is 11.8 Å². The van der Waals surface area contributed by atoms with E-state index in [4.69, 9.17) is 4.52 Å². The van der Waals surface area contributed by atoms with Crippen molar-refractivity contribution in [2.75, 3.05) is 0 Å². The lowest BCUT2D eigenvalue weighted by Crippen LogP contribution is -2.25. The summed E-state index contributed by atoms with van der Waals surface area (Å²) in [5, 5.41) is 6.68. The highest BCUT2D eigenvalue weighted by atomic mass is 16.5. The van der Waals surface area contributed by atoms with Gasteiger partial charge in [-0.2, -0.15) is 4.98 Å². The summed E-state index contributed by atoms with van der Waals surface area (Å²) in [5.74, 6) is 1.05. The van der Waals surface area contributed by atoms with Gasteiger partial charge in [0.05, 0.1) is 0 Å². The monoisotopic (exact) mass is 243 g/mol. The number of carbonyl (C=O) groups excluding carboxylic acids is 1. The van der Waals surface area contributed by atoms with Crippen molar-refractivity contribution < 1.29 is 9.32 Å². The van der Waals surface area contributed by atoms with Crippen molar-refractivity contribution in [3.63, 3.8) is 0 Å². The van der Waals surface area contributed by atoms with Crippen LogP contribution in [0.15, 0.2) is 28.8 Å². The van der Waals surface area contributed by atoms with Crippen LogP contribution in [-0.2, 0) is 0 Å². The maximum Gasteiger partial charge on any atom is 0.257 e. The Morgan fingerprint density at radius 1 is 1.33 bits per heavy atom. The highest BCUT2D eigenvalue weighted by Gasteiger charge is 2.23. The maximum atomic E-state index is 11.8. The molecule has 0 saturated heterocycles. The van der Waals surface area contributed by atoms with Gasteiger partial charge >= 0.3 is 0 Å². The molecule has 1 aliphatic rings. The van der Waals surface area contributed by atoms with E-state index < -0.39 is 0 Å². The molecule has 92 valence electrons. The summed E-state index contributed by atoms with van der Waals surface area (Å²) in [4.78, 5) is 15.9. The number of aromatic nitrogens is 2. The summed E-state index contributed by atoms with van der Waals surface area (Å²) in [7, 11) is 0. The smallest absolute Gasteiger partial charge is 0.257 e. The second-order valence-electron chi connectivity index (χ2n) is 4.47. The number of nitrogens with zero attached hydrogens (tertiary/aromatic N) is 2. The number of nitrogens with one attached hydrogen (secondary N) is 1. The lowest BCUT2D eigenvalue weighted by Gasteiger charge is -2.03. The molecule has 1 fully saturated rings. The Morgan fingerprint density at radius 3 is 2.61 bits per heavy atom. The molecule has 0 unspecified atom stereocenters. The van der Waals surface area contributed by atoms with Crippen LogP contribution in [0.4, 0.5) is 0 Å². The van der Waals surface area contributed by atoms with Gasteiger partial charge < -0.3 is 9.84 Å². The minimum Gasteiger partial charge on any atom is -0.349 e. The third kappa shape index (κ3) is 2.25. The fraction of sp³-hybridized carbons (Fsp3) is 0.308. The Bertz CT molecular complexity index is 570. The number of rotatable bonds is 3. The molecule has 1 amide bonds. The molecule has 18 heavy (non-hydrogen) atoms. The second-order valence-corrected chi connectivity index (χ2v) is 4.47.